The first-order valence-corrected chi connectivity index (χ1v) is 7.97. The number of aromatic nitrogens is 2. The Kier molecular flexibility index (Phi) is 6.36. The van der Waals surface area contributed by atoms with E-state index in [1.165, 1.54) is 0 Å². The second-order valence-electron chi connectivity index (χ2n) is 5.25. The molecule has 0 bridgehead atoms. The van der Waals surface area contributed by atoms with Crippen LogP contribution in [0.25, 0.3) is 0 Å². The lowest BCUT2D eigenvalue weighted by Crippen LogP contribution is -2.28. The summed E-state index contributed by atoms with van der Waals surface area (Å²) < 4.78 is 5.35. The van der Waals surface area contributed by atoms with Crippen LogP contribution in [0.1, 0.15) is 36.5 Å². The number of hydrogen-bond acceptors (Lipinski definition) is 4. The van der Waals surface area contributed by atoms with Crippen LogP contribution in [0.2, 0.25) is 0 Å². The lowest BCUT2D eigenvalue weighted by Gasteiger charge is -2.07. The standard InChI is InChI=1S/C17H22N4O3/c1-3-5-13-10-15(21-20-13)17(23)19-12-6-8-14(9-7-12)24-11-16(22)18-4-2/h6-10H,3-5,11H2,1-2H3,(H,18,22)(H,19,23)(H,20,21). The number of benzene rings is 1. The lowest BCUT2D eigenvalue weighted by molar-refractivity contribution is -0.122. The minimum absolute atomic E-state index is 0.0347. The van der Waals surface area contributed by atoms with Crippen LogP contribution in [0.5, 0.6) is 5.75 Å². The molecule has 24 heavy (non-hydrogen) atoms. The van der Waals surface area contributed by atoms with Crippen molar-refractivity contribution in [1.29, 1.82) is 0 Å². The van der Waals surface area contributed by atoms with Crippen LogP contribution >= 0.6 is 0 Å². The molecule has 0 atom stereocenters. The largest absolute Gasteiger partial charge is 0.484 e. The van der Waals surface area contributed by atoms with Crippen molar-refractivity contribution in [2.24, 2.45) is 0 Å². The maximum atomic E-state index is 12.1. The van der Waals surface area contributed by atoms with Crippen LogP contribution in [-0.2, 0) is 11.2 Å². The third kappa shape index (κ3) is 5.12. The molecule has 0 saturated heterocycles. The zero-order valence-electron chi connectivity index (χ0n) is 13.9. The molecule has 0 fully saturated rings. The van der Waals surface area contributed by atoms with Gasteiger partial charge in [-0.25, -0.2) is 0 Å². The summed E-state index contributed by atoms with van der Waals surface area (Å²) in [6.07, 6.45) is 1.85. The molecule has 0 saturated carbocycles. The van der Waals surface area contributed by atoms with Gasteiger partial charge < -0.3 is 15.4 Å². The Bertz CT molecular complexity index is 679. The Hall–Kier alpha value is -2.83. The molecule has 2 amide bonds. The van der Waals surface area contributed by atoms with E-state index in [1.54, 1.807) is 30.3 Å². The summed E-state index contributed by atoms with van der Waals surface area (Å²) in [5.41, 5.74) is 1.93. The number of ether oxygens (including phenoxy) is 1. The molecule has 7 heteroatoms. The van der Waals surface area contributed by atoms with Gasteiger partial charge in [0.1, 0.15) is 5.75 Å². The highest BCUT2D eigenvalue weighted by atomic mass is 16.5. The molecule has 0 aliphatic carbocycles. The maximum Gasteiger partial charge on any atom is 0.276 e. The topological polar surface area (TPSA) is 96.1 Å². The zero-order valence-corrected chi connectivity index (χ0v) is 13.9. The van der Waals surface area contributed by atoms with Crippen LogP contribution in [-0.4, -0.2) is 35.2 Å². The number of aryl methyl sites for hydroxylation is 1. The third-order valence-electron chi connectivity index (χ3n) is 3.24. The minimum Gasteiger partial charge on any atom is -0.484 e. The Balaban J connectivity index is 1.88. The third-order valence-corrected chi connectivity index (χ3v) is 3.24. The number of nitrogens with zero attached hydrogens (tertiary/aromatic N) is 1. The second kappa shape index (κ2) is 8.71. The number of aromatic amines is 1. The Morgan fingerprint density at radius 1 is 1.21 bits per heavy atom. The van der Waals surface area contributed by atoms with Gasteiger partial charge in [-0.1, -0.05) is 13.3 Å². The SMILES string of the molecule is CCCc1cc(C(=O)Nc2ccc(OCC(=O)NCC)cc2)n[nH]1. The molecule has 0 spiro atoms. The van der Waals surface area contributed by atoms with Crippen molar-refractivity contribution >= 4 is 17.5 Å². The molecule has 3 N–H and O–H groups in total. The number of carbonyl (C=O) groups excluding carboxylic acids is 2. The molecule has 0 radical (unpaired) electrons. The molecule has 1 aromatic carbocycles. The van der Waals surface area contributed by atoms with E-state index in [9.17, 15) is 9.59 Å². The van der Waals surface area contributed by atoms with E-state index in [1.807, 2.05) is 6.92 Å². The monoisotopic (exact) mass is 330 g/mol. The lowest BCUT2D eigenvalue weighted by atomic mass is 10.2. The molecule has 1 aromatic heterocycles. The van der Waals surface area contributed by atoms with E-state index in [0.717, 1.165) is 18.5 Å². The van der Waals surface area contributed by atoms with Gasteiger partial charge in [0, 0.05) is 17.9 Å². The van der Waals surface area contributed by atoms with Crippen molar-refractivity contribution in [3.05, 3.63) is 41.7 Å². The number of rotatable bonds is 8. The zero-order chi connectivity index (χ0) is 17.4. The second-order valence-corrected chi connectivity index (χ2v) is 5.25. The van der Waals surface area contributed by atoms with Gasteiger partial charge >= 0.3 is 0 Å². The molecule has 2 aromatic rings. The van der Waals surface area contributed by atoms with Gasteiger partial charge in [-0.05, 0) is 43.7 Å². The number of hydrogen-bond donors (Lipinski definition) is 3. The van der Waals surface area contributed by atoms with Gasteiger partial charge in [-0.15, -0.1) is 0 Å². The van der Waals surface area contributed by atoms with Crippen molar-refractivity contribution in [3.8, 4) is 5.75 Å². The van der Waals surface area contributed by atoms with Gasteiger partial charge in [0.05, 0.1) is 0 Å². The molecule has 0 unspecified atom stereocenters. The van der Waals surface area contributed by atoms with Gasteiger partial charge in [-0.3, -0.25) is 14.7 Å². The van der Waals surface area contributed by atoms with Crippen molar-refractivity contribution in [2.45, 2.75) is 26.7 Å². The first-order chi connectivity index (χ1) is 11.6. The number of carbonyl (C=O) groups is 2. The number of amides is 2. The van der Waals surface area contributed by atoms with E-state index in [4.69, 9.17) is 4.74 Å². The maximum absolute atomic E-state index is 12.1. The van der Waals surface area contributed by atoms with Gasteiger partial charge in [-0.2, -0.15) is 5.10 Å². The van der Waals surface area contributed by atoms with Gasteiger partial charge in [0.2, 0.25) is 0 Å². The Labute approximate surface area is 140 Å². The van der Waals surface area contributed by atoms with Crippen molar-refractivity contribution in [3.63, 3.8) is 0 Å². The highest BCUT2D eigenvalue weighted by Gasteiger charge is 2.10. The van der Waals surface area contributed by atoms with Crippen LogP contribution in [0, 0.1) is 0 Å². The Morgan fingerprint density at radius 2 is 1.96 bits per heavy atom. The first-order valence-electron chi connectivity index (χ1n) is 7.97. The fourth-order valence-electron chi connectivity index (χ4n) is 2.10. The molecule has 2 rings (SSSR count). The predicted octanol–water partition coefficient (Wildman–Crippen LogP) is 2.13. The van der Waals surface area contributed by atoms with Crippen LogP contribution < -0.4 is 15.4 Å². The summed E-state index contributed by atoms with van der Waals surface area (Å²) in [6.45, 7) is 4.45. The van der Waals surface area contributed by atoms with Crippen molar-refractivity contribution < 1.29 is 14.3 Å². The average Bonchev–Trinajstić information content (AvgIpc) is 3.04. The van der Waals surface area contributed by atoms with Gasteiger partial charge in [0.15, 0.2) is 12.3 Å². The highest BCUT2D eigenvalue weighted by Crippen LogP contribution is 2.16. The van der Waals surface area contributed by atoms with Crippen molar-refractivity contribution in [1.82, 2.24) is 15.5 Å². The predicted molar refractivity (Wildman–Crippen MR) is 91.2 cm³/mol. The fraction of sp³-hybridized carbons (Fsp3) is 0.353. The fourth-order valence-corrected chi connectivity index (χ4v) is 2.10. The highest BCUT2D eigenvalue weighted by molar-refractivity contribution is 6.02. The van der Waals surface area contributed by atoms with Gasteiger partial charge in [0.25, 0.3) is 11.8 Å². The molecule has 128 valence electrons. The van der Waals surface area contributed by atoms with E-state index < -0.39 is 0 Å². The van der Waals surface area contributed by atoms with E-state index in [-0.39, 0.29) is 18.4 Å². The summed E-state index contributed by atoms with van der Waals surface area (Å²) in [4.78, 5) is 23.5. The number of anilines is 1. The normalized spacial score (nSPS) is 10.2. The average molecular weight is 330 g/mol. The smallest absolute Gasteiger partial charge is 0.276 e. The van der Waals surface area contributed by atoms with Crippen LogP contribution in [0.4, 0.5) is 5.69 Å². The molecule has 7 nitrogen and oxygen atoms in total. The number of likely N-dealkylation sites (N-methyl/N-ethyl adjacent to an activating group) is 1. The van der Waals surface area contributed by atoms with E-state index in [2.05, 4.69) is 27.8 Å². The summed E-state index contributed by atoms with van der Waals surface area (Å²) in [6, 6.07) is 8.57. The molecule has 0 aliphatic rings. The molecule has 0 aliphatic heterocycles. The minimum atomic E-state index is -0.274. The summed E-state index contributed by atoms with van der Waals surface area (Å²) >= 11 is 0. The van der Waals surface area contributed by atoms with Crippen molar-refractivity contribution in [2.75, 3.05) is 18.5 Å². The van der Waals surface area contributed by atoms with Crippen LogP contribution in [0.3, 0.4) is 0 Å². The summed E-state index contributed by atoms with van der Waals surface area (Å²) in [5.74, 6) is 0.116. The number of H-pyrrole nitrogens is 1. The van der Waals surface area contributed by atoms with E-state index in [0.29, 0.717) is 23.7 Å². The molecular weight excluding hydrogens is 308 g/mol. The summed E-state index contributed by atoms with van der Waals surface area (Å²) in [7, 11) is 0. The number of nitrogens with one attached hydrogen (secondary N) is 3. The van der Waals surface area contributed by atoms with E-state index >= 15 is 0 Å². The van der Waals surface area contributed by atoms with Crippen LogP contribution in [0.15, 0.2) is 30.3 Å². The summed E-state index contributed by atoms with van der Waals surface area (Å²) in [5, 5.41) is 12.3. The molecular formula is C17H22N4O3. The molecule has 1 heterocycles. The first kappa shape index (κ1) is 17.5. The Morgan fingerprint density at radius 3 is 2.62 bits per heavy atom. The quantitative estimate of drug-likeness (QED) is 0.691.